The first-order valence-corrected chi connectivity index (χ1v) is 5.21. The van der Waals surface area contributed by atoms with Crippen molar-refractivity contribution in [2.75, 3.05) is 20.3 Å². The molecule has 1 aromatic rings. The monoisotopic (exact) mass is 222 g/mol. The van der Waals surface area contributed by atoms with Gasteiger partial charge in [-0.15, -0.1) is 0 Å². The molecule has 0 atom stereocenters. The standard InChI is InChI=1S/C12H14O4/c1-8(13)9-4-5-10(14-2)12-11(9)15-6-3-7-16-12/h4-5H,3,6-7H2,1-2H3. The maximum Gasteiger partial charge on any atom is 0.204 e. The van der Waals surface area contributed by atoms with Gasteiger partial charge in [-0.05, 0) is 19.1 Å². The Balaban J connectivity index is 2.56. The molecule has 4 heteroatoms. The summed E-state index contributed by atoms with van der Waals surface area (Å²) in [7, 11) is 1.57. The van der Waals surface area contributed by atoms with E-state index >= 15 is 0 Å². The van der Waals surface area contributed by atoms with Crippen LogP contribution in [0.15, 0.2) is 12.1 Å². The zero-order chi connectivity index (χ0) is 11.5. The Morgan fingerprint density at radius 1 is 1.25 bits per heavy atom. The normalized spacial score (nSPS) is 14.1. The Labute approximate surface area is 94.1 Å². The van der Waals surface area contributed by atoms with E-state index < -0.39 is 0 Å². The van der Waals surface area contributed by atoms with Gasteiger partial charge in [-0.25, -0.2) is 0 Å². The highest BCUT2D eigenvalue weighted by Crippen LogP contribution is 2.41. The quantitative estimate of drug-likeness (QED) is 0.718. The van der Waals surface area contributed by atoms with E-state index in [2.05, 4.69) is 0 Å². The maximum absolute atomic E-state index is 11.5. The van der Waals surface area contributed by atoms with Gasteiger partial charge in [-0.3, -0.25) is 4.79 Å². The van der Waals surface area contributed by atoms with Crippen molar-refractivity contribution in [2.45, 2.75) is 13.3 Å². The highest BCUT2D eigenvalue weighted by molar-refractivity contribution is 5.98. The van der Waals surface area contributed by atoms with Crippen molar-refractivity contribution >= 4 is 5.78 Å². The lowest BCUT2D eigenvalue weighted by atomic mass is 10.1. The number of fused-ring (bicyclic) bond motifs is 1. The summed E-state index contributed by atoms with van der Waals surface area (Å²) < 4.78 is 16.3. The Morgan fingerprint density at radius 2 is 1.94 bits per heavy atom. The molecular weight excluding hydrogens is 208 g/mol. The summed E-state index contributed by atoms with van der Waals surface area (Å²) in [5, 5.41) is 0. The number of methoxy groups -OCH3 is 1. The molecule has 0 radical (unpaired) electrons. The van der Waals surface area contributed by atoms with E-state index in [0.29, 0.717) is 36.0 Å². The molecule has 1 heterocycles. The largest absolute Gasteiger partial charge is 0.493 e. The molecule has 2 rings (SSSR count). The van der Waals surface area contributed by atoms with Crippen LogP contribution in [0.2, 0.25) is 0 Å². The average molecular weight is 222 g/mol. The molecule has 0 aliphatic carbocycles. The second-order valence-electron chi connectivity index (χ2n) is 3.58. The van der Waals surface area contributed by atoms with E-state index in [1.807, 2.05) is 0 Å². The summed E-state index contributed by atoms with van der Waals surface area (Å²) in [6.07, 6.45) is 0.801. The minimum atomic E-state index is -0.0376. The van der Waals surface area contributed by atoms with E-state index in [1.165, 1.54) is 6.92 Å². The number of carbonyl (C=O) groups is 1. The number of hydrogen-bond acceptors (Lipinski definition) is 4. The van der Waals surface area contributed by atoms with Crippen LogP contribution in [0.3, 0.4) is 0 Å². The van der Waals surface area contributed by atoms with Crippen LogP contribution in [-0.2, 0) is 0 Å². The van der Waals surface area contributed by atoms with Gasteiger partial charge in [0, 0.05) is 6.42 Å². The Hall–Kier alpha value is -1.71. The van der Waals surface area contributed by atoms with Crippen LogP contribution in [0.5, 0.6) is 17.2 Å². The molecule has 1 aliphatic heterocycles. The molecule has 0 unspecified atom stereocenters. The molecule has 0 bridgehead atoms. The number of ether oxygens (including phenoxy) is 3. The van der Waals surface area contributed by atoms with Gasteiger partial charge in [0.05, 0.1) is 25.9 Å². The second-order valence-corrected chi connectivity index (χ2v) is 3.58. The summed E-state index contributed by atoms with van der Waals surface area (Å²) in [5.74, 6) is 1.60. The van der Waals surface area contributed by atoms with Gasteiger partial charge < -0.3 is 14.2 Å². The van der Waals surface area contributed by atoms with Crippen molar-refractivity contribution < 1.29 is 19.0 Å². The van der Waals surface area contributed by atoms with Crippen LogP contribution in [0.4, 0.5) is 0 Å². The molecule has 0 saturated heterocycles. The van der Waals surface area contributed by atoms with Gasteiger partial charge in [-0.2, -0.15) is 0 Å². The second kappa shape index (κ2) is 4.43. The summed E-state index contributed by atoms with van der Waals surface area (Å²) in [4.78, 5) is 11.5. The summed E-state index contributed by atoms with van der Waals surface area (Å²) in [6, 6.07) is 3.43. The molecule has 16 heavy (non-hydrogen) atoms. The molecule has 0 aromatic heterocycles. The van der Waals surface area contributed by atoms with Gasteiger partial charge in [0.15, 0.2) is 17.3 Å². The van der Waals surface area contributed by atoms with Crippen LogP contribution in [0.25, 0.3) is 0 Å². The average Bonchev–Trinajstić information content (AvgIpc) is 2.52. The van der Waals surface area contributed by atoms with E-state index in [1.54, 1.807) is 19.2 Å². The molecule has 0 amide bonds. The number of carbonyl (C=O) groups excluding carboxylic acids is 1. The van der Waals surface area contributed by atoms with Crippen LogP contribution >= 0.6 is 0 Å². The lowest BCUT2D eigenvalue weighted by molar-refractivity contribution is 0.101. The Morgan fingerprint density at radius 3 is 2.56 bits per heavy atom. The first kappa shape index (κ1) is 10.8. The third-order valence-electron chi connectivity index (χ3n) is 2.46. The minimum Gasteiger partial charge on any atom is -0.493 e. The first-order chi connectivity index (χ1) is 7.74. The summed E-state index contributed by atoms with van der Waals surface area (Å²) in [6.45, 7) is 2.64. The topological polar surface area (TPSA) is 44.8 Å². The molecule has 0 spiro atoms. The number of benzene rings is 1. The summed E-state index contributed by atoms with van der Waals surface area (Å²) >= 11 is 0. The maximum atomic E-state index is 11.5. The zero-order valence-corrected chi connectivity index (χ0v) is 9.41. The number of hydrogen-bond donors (Lipinski definition) is 0. The van der Waals surface area contributed by atoms with E-state index in [9.17, 15) is 4.79 Å². The highest BCUT2D eigenvalue weighted by Gasteiger charge is 2.21. The van der Waals surface area contributed by atoms with Crippen LogP contribution in [0, 0.1) is 0 Å². The zero-order valence-electron chi connectivity index (χ0n) is 9.41. The molecule has 86 valence electrons. The number of ketones is 1. The third kappa shape index (κ3) is 1.83. The molecular formula is C12H14O4. The van der Waals surface area contributed by atoms with E-state index in [-0.39, 0.29) is 5.78 Å². The van der Waals surface area contributed by atoms with Gasteiger partial charge in [-0.1, -0.05) is 0 Å². The Bertz CT molecular complexity index is 412. The lowest BCUT2D eigenvalue weighted by Crippen LogP contribution is -2.02. The number of rotatable bonds is 2. The van der Waals surface area contributed by atoms with Crippen LogP contribution in [0.1, 0.15) is 23.7 Å². The minimum absolute atomic E-state index is 0.0376. The van der Waals surface area contributed by atoms with E-state index in [0.717, 1.165) is 6.42 Å². The van der Waals surface area contributed by atoms with Gasteiger partial charge >= 0.3 is 0 Å². The third-order valence-corrected chi connectivity index (χ3v) is 2.46. The van der Waals surface area contributed by atoms with Crippen molar-refractivity contribution in [3.63, 3.8) is 0 Å². The lowest BCUT2D eigenvalue weighted by Gasteiger charge is -2.13. The van der Waals surface area contributed by atoms with E-state index in [4.69, 9.17) is 14.2 Å². The van der Waals surface area contributed by atoms with Crippen LogP contribution < -0.4 is 14.2 Å². The molecule has 0 N–H and O–H groups in total. The van der Waals surface area contributed by atoms with Crippen molar-refractivity contribution in [2.24, 2.45) is 0 Å². The first-order valence-electron chi connectivity index (χ1n) is 5.21. The molecule has 1 aliphatic rings. The van der Waals surface area contributed by atoms with Gasteiger partial charge in [0.1, 0.15) is 0 Å². The predicted octanol–water partition coefficient (Wildman–Crippen LogP) is 2.06. The van der Waals surface area contributed by atoms with Crippen LogP contribution in [-0.4, -0.2) is 26.1 Å². The fraction of sp³-hybridized carbons (Fsp3) is 0.417. The fourth-order valence-corrected chi connectivity index (χ4v) is 1.67. The molecule has 0 fully saturated rings. The molecule has 0 saturated carbocycles. The fourth-order valence-electron chi connectivity index (χ4n) is 1.67. The smallest absolute Gasteiger partial charge is 0.204 e. The van der Waals surface area contributed by atoms with Crippen molar-refractivity contribution in [1.82, 2.24) is 0 Å². The predicted molar refractivity (Wildman–Crippen MR) is 58.6 cm³/mol. The molecule has 4 nitrogen and oxygen atoms in total. The van der Waals surface area contributed by atoms with Gasteiger partial charge in [0.2, 0.25) is 5.75 Å². The van der Waals surface area contributed by atoms with Crippen molar-refractivity contribution in [1.29, 1.82) is 0 Å². The van der Waals surface area contributed by atoms with Crippen molar-refractivity contribution in [3.8, 4) is 17.2 Å². The number of Topliss-reactive ketones (excluding diaryl/α,β-unsaturated/α-hetero) is 1. The molecule has 1 aromatic carbocycles. The van der Waals surface area contributed by atoms with Crippen molar-refractivity contribution in [3.05, 3.63) is 17.7 Å². The Kier molecular flexibility index (Phi) is 2.99. The SMILES string of the molecule is COc1ccc(C(C)=O)c2c1OCCCO2. The highest BCUT2D eigenvalue weighted by atomic mass is 16.5. The summed E-state index contributed by atoms with van der Waals surface area (Å²) in [5.41, 5.74) is 0.540. The van der Waals surface area contributed by atoms with Gasteiger partial charge in [0.25, 0.3) is 0 Å².